The van der Waals surface area contributed by atoms with Crippen LogP contribution in [0.1, 0.15) is 117 Å². The van der Waals surface area contributed by atoms with Crippen LogP contribution in [0.5, 0.6) is 11.5 Å². The number of carbonyl (C=O) groups is 2. The minimum absolute atomic E-state index is 0. The van der Waals surface area contributed by atoms with Gasteiger partial charge in [-0.15, -0.1) is 49.6 Å². The van der Waals surface area contributed by atoms with Gasteiger partial charge in [0.25, 0.3) is 0 Å². The van der Waals surface area contributed by atoms with Crippen LogP contribution in [0.25, 0.3) is 11.1 Å². The van der Waals surface area contributed by atoms with Crippen molar-refractivity contribution in [3.63, 3.8) is 0 Å². The molecule has 10 nitrogen and oxygen atoms in total. The fourth-order valence-electron chi connectivity index (χ4n) is 6.36. The summed E-state index contributed by atoms with van der Waals surface area (Å²) in [5.74, 6) is 1.58. The Labute approximate surface area is 363 Å². The summed E-state index contributed by atoms with van der Waals surface area (Å²) in [6.07, 6.45) is 15.0. The summed E-state index contributed by atoms with van der Waals surface area (Å²) in [6.45, 7) is 9.20. The molecule has 0 saturated heterocycles. The van der Waals surface area contributed by atoms with Gasteiger partial charge in [-0.05, 0) is 76.6 Å². The van der Waals surface area contributed by atoms with Crippen molar-refractivity contribution in [1.82, 2.24) is 9.80 Å². The lowest BCUT2D eigenvalue weighted by molar-refractivity contribution is -0.133. The molecule has 0 bridgehead atoms. The van der Waals surface area contributed by atoms with Gasteiger partial charge >= 0.3 is 0 Å². The Morgan fingerprint density at radius 3 is 1.23 bits per heavy atom. The number of rotatable bonds is 31. The van der Waals surface area contributed by atoms with Crippen LogP contribution in [0.2, 0.25) is 0 Å². The summed E-state index contributed by atoms with van der Waals surface area (Å²) < 4.78 is 12.7. The zero-order valence-electron chi connectivity index (χ0n) is 34.2. The third kappa shape index (κ3) is 23.4. The summed E-state index contributed by atoms with van der Waals surface area (Å²) in [5.41, 5.74) is 25.8. The number of unbranched alkanes of at least 4 members (excludes halogenated alkanes) is 8. The number of halogens is 4. The number of hydrogen-bond acceptors (Lipinski definition) is 8. The van der Waals surface area contributed by atoms with Crippen molar-refractivity contribution in [1.29, 1.82) is 0 Å². The Morgan fingerprint density at radius 1 is 0.518 bits per heavy atom. The summed E-state index contributed by atoms with van der Waals surface area (Å²) in [6, 6.07) is 15.0. The van der Waals surface area contributed by atoms with Gasteiger partial charge in [-0.25, -0.2) is 0 Å². The second kappa shape index (κ2) is 37.3. The van der Waals surface area contributed by atoms with Crippen LogP contribution < -0.4 is 32.4 Å². The van der Waals surface area contributed by atoms with Crippen LogP contribution in [-0.4, -0.2) is 86.2 Å². The van der Waals surface area contributed by atoms with Gasteiger partial charge in [0.05, 0.1) is 25.3 Å². The highest BCUT2D eigenvalue weighted by molar-refractivity contribution is 5.86. The van der Waals surface area contributed by atoms with E-state index in [0.29, 0.717) is 65.1 Å². The molecule has 2 aromatic rings. The highest BCUT2D eigenvalue weighted by Gasteiger charge is 2.22. The topological polar surface area (TPSA) is 163 Å². The molecule has 0 aliphatic carbocycles. The number of benzene rings is 2. The minimum Gasteiger partial charge on any atom is -0.493 e. The van der Waals surface area contributed by atoms with E-state index < -0.39 is 12.1 Å². The van der Waals surface area contributed by atoms with E-state index in [1.807, 2.05) is 58.3 Å². The number of carbonyl (C=O) groups excluding carboxylic acids is 2. The first kappa shape index (κ1) is 58.3. The van der Waals surface area contributed by atoms with Crippen molar-refractivity contribution in [2.24, 2.45) is 22.9 Å². The molecule has 0 heterocycles. The molecule has 0 aromatic heterocycles. The molecule has 56 heavy (non-hydrogen) atoms. The van der Waals surface area contributed by atoms with Crippen molar-refractivity contribution >= 4 is 61.4 Å². The van der Waals surface area contributed by atoms with Crippen molar-refractivity contribution in [2.45, 2.75) is 129 Å². The maximum Gasteiger partial charge on any atom is 0.239 e. The SMILES string of the molecule is CCCCCCN(CCCOc1ccccc1-c1ccccc1OCCCN(CCCCCC)C(=O)[C@@H](N)CCCCN)C(=O)[C@@H](N)CCCCN.Cl.Cl.Cl.Cl. The van der Waals surface area contributed by atoms with E-state index in [9.17, 15) is 9.59 Å². The van der Waals surface area contributed by atoms with Gasteiger partial charge in [0, 0.05) is 37.3 Å². The van der Waals surface area contributed by atoms with Gasteiger partial charge in [-0.3, -0.25) is 9.59 Å². The number of ether oxygens (including phenoxy) is 2. The molecule has 0 saturated carbocycles. The maximum atomic E-state index is 13.3. The van der Waals surface area contributed by atoms with Crippen LogP contribution in [0.15, 0.2) is 48.5 Å². The van der Waals surface area contributed by atoms with Gasteiger partial charge in [0.15, 0.2) is 0 Å². The minimum atomic E-state index is -0.491. The molecule has 14 heteroatoms. The monoisotopic (exact) mass is 868 g/mol. The summed E-state index contributed by atoms with van der Waals surface area (Å²) in [7, 11) is 0. The van der Waals surface area contributed by atoms with Crippen LogP contribution >= 0.6 is 49.6 Å². The van der Waals surface area contributed by atoms with Crippen molar-refractivity contribution in [3.8, 4) is 22.6 Å². The van der Waals surface area contributed by atoms with Gasteiger partial charge < -0.3 is 42.2 Å². The van der Waals surface area contributed by atoms with Gasteiger partial charge in [-0.1, -0.05) is 102 Å². The highest BCUT2D eigenvalue weighted by atomic mass is 35.5. The van der Waals surface area contributed by atoms with Gasteiger partial charge in [0.2, 0.25) is 11.8 Å². The van der Waals surface area contributed by atoms with E-state index in [2.05, 4.69) is 13.8 Å². The number of amides is 2. The lowest BCUT2D eigenvalue weighted by Crippen LogP contribution is -2.45. The standard InChI is InChI=1S/C42H72N6O4.4ClH/c1-3-5-7-17-29-47(41(49)37(45)23-13-15-27-43)31-19-33-51-39-25-11-9-21-35(39)36-22-10-12-26-40(36)52-34-20-32-48(30-18-8-6-4-2)42(50)38(46)24-14-16-28-44;;;;/h9-12,21-22,25-26,37-38H,3-8,13-20,23-24,27-34,43-46H2,1-2H3;4*1H/t37-,38-;;;;/m0..../s1. The van der Waals surface area contributed by atoms with E-state index in [4.69, 9.17) is 32.4 Å². The second-order valence-corrected chi connectivity index (χ2v) is 14.0. The Morgan fingerprint density at radius 2 is 0.875 bits per heavy atom. The molecular formula is C42H76Cl4N6O4. The first-order valence-corrected chi connectivity index (χ1v) is 20.3. The number of para-hydroxylation sites is 2. The van der Waals surface area contributed by atoms with Crippen LogP contribution in [0, 0.1) is 0 Å². The largest absolute Gasteiger partial charge is 0.493 e. The molecule has 0 fully saturated rings. The smallest absolute Gasteiger partial charge is 0.239 e. The van der Waals surface area contributed by atoms with Crippen LogP contribution in [0.3, 0.4) is 0 Å². The summed E-state index contributed by atoms with van der Waals surface area (Å²) >= 11 is 0. The molecule has 2 rings (SSSR count). The van der Waals surface area contributed by atoms with Gasteiger partial charge in [0.1, 0.15) is 11.5 Å². The first-order valence-electron chi connectivity index (χ1n) is 20.3. The molecule has 2 amide bonds. The van der Waals surface area contributed by atoms with Crippen molar-refractivity contribution < 1.29 is 19.1 Å². The third-order valence-corrected chi connectivity index (χ3v) is 9.48. The fourth-order valence-corrected chi connectivity index (χ4v) is 6.36. The number of hydrogen-bond donors (Lipinski definition) is 4. The van der Waals surface area contributed by atoms with Crippen molar-refractivity contribution in [3.05, 3.63) is 48.5 Å². The molecule has 0 aliphatic rings. The predicted octanol–water partition coefficient (Wildman–Crippen LogP) is 8.31. The average molecular weight is 871 g/mol. The lowest BCUT2D eigenvalue weighted by atomic mass is 10.0. The average Bonchev–Trinajstić information content (AvgIpc) is 3.16. The quantitative estimate of drug-likeness (QED) is 0.0550. The second-order valence-electron chi connectivity index (χ2n) is 14.0. The molecule has 8 N–H and O–H groups in total. The molecule has 0 radical (unpaired) electrons. The Balaban J connectivity index is -0.00000702. The molecule has 0 spiro atoms. The Bertz CT molecular complexity index is 1160. The van der Waals surface area contributed by atoms with E-state index in [0.717, 1.165) is 113 Å². The molecular weight excluding hydrogens is 794 g/mol. The van der Waals surface area contributed by atoms with Crippen LogP contribution in [-0.2, 0) is 9.59 Å². The van der Waals surface area contributed by atoms with E-state index in [1.165, 1.54) is 0 Å². The number of nitrogens with two attached hydrogens (primary N) is 4. The highest BCUT2D eigenvalue weighted by Crippen LogP contribution is 2.36. The number of nitrogens with zero attached hydrogens (tertiary/aromatic N) is 2. The molecule has 0 unspecified atom stereocenters. The van der Waals surface area contributed by atoms with E-state index in [1.54, 1.807) is 0 Å². The zero-order chi connectivity index (χ0) is 37.8. The maximum absolute atomic E-state index is 13.3. The van der Waals surface area contributed by atoms with E-state index in [-0.39, 0.29) is 61.4 Å². The fraction of sp³-hybridized carbons (Fsp3) is 0.667. The normalized spacial score (nSPS) is 11.5. The molecule has 0 aliphatic heterocycles. The summed E-state index contributed by atoms with van der Waals surface area (Å²) in [4.78, 5) is 30.4. The summed E-state index contributed by atoms with van der Waals surface area (Å²) in [5, 5.41) is 0. The Kier molecular flexibility index (Phi) is 38.8. The molecule has 2 aromatic carbocycles. The third-order valence-electron chi connectivity index (χ3n) is 9.48. The van der Waals surface area contributed by atoms with E-state index >= 15 is 0 Å². The molecule has 326 valence electrons. The first-order chi connectivity index (χ1) is 25.4. The lowest BCUT2D eigenvalue weighted by Gasteiger charge is -2.26. The zero-order valence-corrected chi connectivity index (χ0v) is 37.5. The molecule has 2 atom stereocenters. The van der Waals surface area contributed by atoms with Crippen molar-refractivity contribution in [2.75, 3.05) is 52.5 Å². The van der Waals surface area contributed by atoms with Gasteiger partial charge in [-0.2, -0.15) is 0 Å². The predicted molar refractivity (Wildman–Crippen MR) is 244 cm³/mol. The van der Waals surface area contributed by atoms with Crippen LogP contribution in [0.4, 0.5) is 0 Å². The Hall–Kier alpha value is -2.02.